The molecule has 3 heteroatoms. The molecule has 0 aliphatic carbocycles. The third-order valence-corrected chi connectivity index (χ3v) is 3.49. The van der Waals surface area contributed by atoms with Crippen molar-refractivity contribution in [1.82, 2.24) is 0 Å². The van der Waals surface area contributed by atoms with Gasteiger partial charge in [0.2, 0.25) is 0 Å². The number of benzene rings is 2. The minimum Gasteiger partial charge on any atom is -0.476 e. The van der Waals surface area contributed by atoms with Gasteiger partial charge in [-0.3, -0.25) is 4.79 Å². The standard InChI is InChI=1S/C17H17NO2/c1-11-5-4-6-12(9-11)13-7-8-15-14(10-13)18-16(19)17(2,3)20-15/h4-10H,1-3H3,(H,18,19). The average molecular weight is 267 g/mol. The minimum absolute atomic E-state index is 0.119. The van der Waals surface area contributed by atoms with Crippen molar-refractivity contribution in [3.8, 4) is 16.9 Å². The maximum absolute atomic E-state index is 11.9. The van der Waals surface area contributed by atoms with E-state index < -0.39 is 5.60 Å². The van der Waals surface area contributed by atoms with Gasteiger partial charge in [0, 0.05) is 0 Å². The number of amides is 1. The summed E-state index contributed by atoms with van der Waals surface area (Å²) in [6, 6.07) is 14.2. The number of nitrogens with one attached hydrogen (secondary N) is 1. The number of fused-ring (bicyclic) bond motifs is 1. The lowest BCUT2D eigenvalue weighted by Gasteiger charge is -2.31. The van der Waals surface area contributed by atoms with E-state index in [1.54, 1.807) is 13.8 Å². The molecule has 0 radical (unpaired) electrons. The van der Waals surface area contributed by atoms with E-state index in [1.165, 1.54) is 5.56 Å². The minimum atomic E-state index is -0.822. The van der Waals surface area contributed by atoms with Crippen molar-refractivity contribution in [1.29, 1.82) is 0 Å². The Balaban J connectivity index is 2.03. The highest BCUT2D eigenvalue weighted by Crippen LogP contribution is 2.36. The summed E-state index contributed by atoms with van der Waals surface area (Å²) in [5, 5.41) is 2.91. The molecule has 2 aromatic rings. The Bertz CT molecular complexity index is 689. The Morgan fingerprint density at radius 2 is 1.80 bits per heavy atom. The van der Waals surface area contributed by atoms with Crippen LogP contribution in [0.1, 0.15) is 19.4 Å². The number of ether oxygens (including phenoxy) is 1. The van der Waals surface area contributed by atoms with E-state index in [-0.39, 0.29) is 5.91 Å². The Morgan fingerprint density at radius 1 is 1.05 bits per heavy atom. The summed E-state index contributed by atoms with van der Waals surface area (Å²) in [5.41, 5.74) is 3.32. The van der Waals surface area contributed by atoms with Gasteiger partial charge in [0.25, 0.3) is 5.91 Å². The van der Waals surface area contributed by atoms with Crippen LogP contribution >= 0.6 is 0 Å². The van der Waals surface area contributed by atoms with Crippen molar-refractivity contribution in [2.24, 2.45) is 0 Å². The summed E-state index contributed by atoms with van der Waals surface area (Å²) in [4.78, 5) is 11.9. The SMILES string of the molecule is Cc1cccc(-c2ccc3c(c2)NC(=O)C(C)(C)O3)c1. The summed E-state index contributed by atoms with van der Waals surface area (Å²) in [6.07, 6.45) is 0. The molecule has 2 aromatic carbocycles. The fourth-order valence-corrected chi connectivity index (χ4v) is 2.31. The molecular weight excluding hydrogens is 250 g/mol. The van der Waals surface area contributed by atoms with Gasteiger partial charge in [0.05, 0.1) is 5.69 Å². The van der Waals surface area contributed by atoms with Crippen LogP contribution in [-0.4, -0.2) is 11.5 Å². The number of anilines is 1. The van der Waals surface area contributed by atoms with E-state index in [1.807, 2.05) is 24.3 Å². The molecule has 102 valence electrons. The predicted octanol–water partition coefficient (Wildman–Crippen LogP) is 3.77. The van der Waals surface area contributed by atoms with Crippen molar-refractivity contribution >= 4 is 11.6 Å². The lowest BCUT2D eigenvalue weighted by Crippen LogP contribution is -2.45. The molecule has 0 spiro atoms. The van der Waals surface area contributed by atoms with Crippen molar-refractivity contribution in [3.63, 3.8) is 0 Å². The van der Waals surface area contributed by atoms with Gasteiger partial charge in [-0.15, -0.1) is 0 Å². The fourth-order valence-electron chi connectivity index (χ4n) is 2.31. The van der Waals surface area contributed by atoms with Gasteiger partial charge in [0.1, 0.15) is 5.75 Å². The van der Waals surface area contributed by atoms with Gasteiger partial charge in [-0.05, 0) is 44.0 Å². The molecule has 1 heterocycles. The third kappa shape index (κ3) is 2.16. The molecule has 1 aliphatic rings. The van der Waals surface area contributed by atoms with Gasteiger partial charge in [-0.1, -0.05) is 35.9 Å². The maximum Gasteiger partial charge on any atom is 0.268 e. The zero-order chi connectivity index (χ0) is 14.3. The number of carbonyl (C=O) groups is 1. The van der Waals surface area contributed by atoms with Crippen LogP contribution in [0.25, 0.3) is 11.1 Å². The Morgan fingerprint density at radius 3 is 2.55 bits per heavy atom. The maximum atomic E-state index is 11.9. The van der Waals surface area contributed by atoms with E-state index in [2.05, 4.69) is 30.4 Å². The molecule has 0 atom stereocenters. The number of aryl methyl sites for hydroxylation is 1. The fraction of sp³-hybridized carbons (Fsp3) is 0.235. The van der Waals surface area contributed by atoms with Gasteiger partial charge in [0.15, 0.2) is 5.60 Å². The largest absolute Gasteiger partial charge is 0.476 e. The molecule has 1 aliphatic heterocycles. The zero-order valence-corrected chi connectivity index (χ0v) is 11.9. The van der Waals surface area contributed by atoms with Crippen LogP contribution in [0.15, 0.2) is 42.5 Å². The number of rotatable bonds is 1. The zero-order valence-electron chi connectivity index (χ0n) is 11.9. The normalized spacial score (nSPS) is 16.1. The second-order valence-electron chi connectivity index (χ2n) is 5.65. The molecular formula is C17H17NO2. The first-order valence-corrected chi connectivity index (χ1v) is 6.67. The summed E-state index contributed by atoms with van der Waals surface area (Å²) < 4.78 is 5.73. The van der Waals surface area contributed by atoms with E-state index in [0.717, 1.165) is 16.8 Å². The van der Waals surface area contributed by atoms with Gasteiger partial charge in [-0.2, -0.15) is 0 Å². The molecule has 1 N–H and O–H groups in total. The molecule has 0 aromatic heterocycles. The topological polar surface area (TPSA) is 38.3 Å². The summed E-state index contributed by atoms with van der Waals surface area (Å²) in [5.74, 6) is 0.595. The Hall–Kier alpha value is -2.29. The molecule has 0 unspecified atom stereocenters. The molecule has 3 rings (SSSR count). The van der Waals surface area contributed by atoms with Gasteiger partial charge in [-0.25, -0.2) is 0 Å². The summed E-state index contributed by atoms with van der Waals surface area (Å²) in [7, 11) is 0. The van der Waals surface area contributed by atoms with Crippen LogP contribution < -0.4 is 10.1 Å². The van der Waals surface area contributed by atoms with Gasteiger partial charge < -0.3 is 10.1 Å². The van der Waals surface area contributed by atoms with Crippen LogP contribution in [0.3, 0.4) is 0 Å². The van der Waals surface area contributed by atoms with Gasteiger partial charge >= 0.3 is 0 Å². The third-order valence-electron chi connectivity index (χ3n) is 3.49. The van der Waals surface area contributed by atoms with Crippen molar-refractivity contribution in [2.75, 3.05) is 5.32 Å². The number of hydrogen-bond acceptors (Lipinski definition) is 2. The van der Waals surface area contributed by atoms with Crippen LogP contribution in [0, 0.1) is 6.92 Å². The summed E-state index contributed by atoms with van der Waals surface area (Å²) >= 11 is 0. The highest BCUT2D eigenvalue weighted by Gasteiger charge is 2.35. The van der Waals surface area contributed by atoms with Crippen molar-refractivity contribution in [2.45, 2.75) is 26.4 Å². The van der Waals surface area contributed by atoms with Crippen LogP contribution in [-0.2, 0) is 4.79 Å². The second kappa shape index (κ2) is 4.37. The monoisotopic (exact) mass is 267 g/mol. The Labute approximate surface area is 118 Å². The van der Waals surface area contributed by atoms with E-state index in [0.29, 0.717) is 5.75 Å². The lowest BCUT2D eigenvalue weighted by molar-refractivity contribution is -0.129. The number of hydrogen-bond donors (Lipinski definition) is 1. The summed E-state index contributed by atoms with van der Waals surface area (Å²) in [6.45, 7) is 5.59. The van der Waals surface area contributed by atoms with Crippen LogP contribution in [0.2, 0.25) is 0 Å². The van der Waals surface area contributed by atoms with E-state index >= 15 is 0 Å². The Kier molecular flexibility index (Phi) is 2.78. The molecule has 20 heavy (non-hydrogen) atoms. The van der Waals surface area contributed by atoms with Crippen LogP contribution in [0.5, 0.6) is 5.75 Å². The highest BCUT2D eigenvalue weighted by molar-refractivity contribution is 6.00. The van der Waals surface area contributed by atoms with Crippen LogP contribution in [0.4, 0.5) is 5.69 Å². The first-order valence-electron chi connectivity index (χ1n) is 6.67. The molecule has 0 saturated carbocycles. The number of carbonyl (C=O) groups excluding carboxylic acids is 1. The van der Waals surface area contributed by atoms with Crippen molar-refractivity contribution < 1.29 is 9.53 Å². The molecule has 3 nitrogen and oxygen atoms in total. The average Bonchev–Trinajstić information content (AvgIpc) is 2.39. The van der Waals surface area contributed by atoms with Crippen molar-refractivity contribution in [3.05, 3.63) is 48.0 Å². The van der Waals surface area contributed by atoms with E-state index in [9.17, 15) is 4.79 Å². The predicted molar refractivity (Wildman–Crippen MR) is 80.0 cm³/mol. The molecule has 0 fully saturated rings. The molecule has 0 bridgehead atoms. The second-order valence-corrected chi connectivity index (χ2v) is 5.65. The quantitative estimate of drug-likeness (QED) is 0.854. The molecule has 1 amide bonds. The first-order chi connectivity index (χ1) is 9.45. The molecule has 0 saturated heterocycles. The highest BCUT2D eigenvalue weighted by atomic mass is 16.5. The smallest absolute Gasteiger partial charge is 0.268 e. The van der Waals surface area contributed by atoms with E-state index in [4.69, 9.17) is 4.74 Å². The lowest BCUT2D eigenvalue weighted by atomic mass is 10.0. The first kappa shape index (κ1) is 12.7.